The number of amides is 1. The van der Waals surface area contributed by atoms with Crippen LogP contribution in [-0.4, -0.2) is 26.7 Å². The van der Waals surface area contributed by atoms with Crippen LogP contribution < -0.4 is 5.32 Å². The average Bonchev–Trinajstić information content (AvgIpc) is 2.93. The number of hydrogen-bond donors (Lipinski definition) is 1. The van der Waals surface area contributed by atoms with E-state index < -0.39 is 0 Å². The molecule has 1 unspecified atom stereocenters. The van der Waals surface area contributed by atoms with E-state index in [0.29, 0.717) is 5.56 Å². The van der Waals surface area contributed by atoms with Gasteiger partial charge in [-0.3, -0.25) is 4.79 Å². The Hall–Kier alpha value is -1.82. The molecule has 1 heterocycles. The third-order valence-corrected chi connectivity index (χ3v) is 4.83. The number of benzene rings is 1. The molecule has 1 aromatic carbocycles. The van der Waals surface area contributed by atoms with Gasteiger partial charge in [-0.2, -0.15) is 0 Å². The molecule has 1 amide bonds. The Labute approximate surface area is 141 Å². The molecular weight excluding hydrogens is 308 g/mol. The van der Waals surface area contributed by atoms with Gasteiger partial charge < -0.3 is 9.88 Å². The van der Waals surface area contributed by atoms with Crippen LogP contribution in [0.15, 0.2) is 29.4 Å². The quantitative estimate of drug-likeness (QED) is 0.789. The minimum atomic E-state index is -0.0140. The molecule has 0 bridgehead atoms. The highest BCUT2D eigenvalue weighted by Gasteiger charge is 2.10. The molecule has 1 N–H and O–H groups in total. The van der Waals surface area contributed by atoms with E-state index in [1.807, 2.05) is 38.1 Å². The number of carbonyl (C=O) groups is 1. The first kappa shape index (κ1) is 17.5. The van der Waals surface area contributed by atoms with E-state index in [-0.39, 0.29) is 11.9 Å². The lowest BCUT2D eigenvalue weighted by Gasteiger charge is -2.11. The van der Waals surface area contributed by atoms with Crippen molar-refractivity contribution in [3.63, 3.8) is 0 Å². The van der Waals surface area contributed by atoms with Gasteiger partial charge in [0.1, 0.15) is 5.82 Å². The van der Waals surface area contributed by atoms with Gasteiger partial charge in [-0.1, -0.05) is 30.8 Å². The van der Waals surface area contributed by atoms with Gasteiger partial charge in [-0.25, -0.2) is 0 Å². The summed E-state index contributed by atoms with van der Waals surface area (Å²) in [6, 6.07) is 7.95. The Morgan fingerprint density at radius 3 is 2.57 bits per heavy atom. The topological polar surface area (TPSA) is 59.8 Å². The number of thioether (sulfide) groups is 1. The van der Waals surface area contributed by atoms with Gasteiger partial charge in [0.2, 0.25) is 0 Å². The molecule has 6 heteroatoms. The maximum Gasteiger partial charge on any atom is 0.251 e. The van der Waals surface area contributed by atoms with Crippen molar-refractivity contribution in [1.29, 1.82) is 0 Å². The molecule has 2 aromatic rings. The zero-order valence-corrected chi connectivity index (χ0v) is 15.0. The number of hydrogen-bond acceptors (Lipinski definition) is 4. The van der Waals surface area contributed by atoms with Gasteiger partial charge in [-0.05, 0) is 44.9 Å². The number of aryl methyl sites for hydroxylation is 1. The smallest absolute Gasteiger partial charge is 0.251 e. The zero-order chi connectivity index (χ0) is 16.8. The molecule has 0 aliphatic rings. The summed E-state index contributed by atoms with van der Waals surface area (Å²) >= 11 is 1.66. The van der Waals surface area contributed by atoms with Crippen LogP contribution in [0.4, 0.5) is 0 Å². The first-order chi connectivity index (χ1) is 11.0. The molecule has 1 aromatic heterocycles. The van der Waals surface area contributed by atoms with Crippen LogP contribution in [0, 0.1) is 6.92 Å². The van der Waals surface area contributed by atoms with Crippen molar-refractivity contribution in [3.8, 4) is 0 Å². The third kappa shape index (κ3) is 4.58. The van der Waals surface area contributed by atoms with E-state index in [1.54, 1.807) is 11.8 Å². The maximum atomic E-state index is 12.1. The van der Waals surface area contributed by atoms with E-state index in [2.05, 4.69) is 33.9 Å². The molecule has 2 rings (SSSR count). The summed E-state index contributed by atoms with van der Waals surface area (Å²) in [7, 11) is 0. The fourth-order valence-electron chi connectivity index (χ4n) is 2.14. The predicted octanol–water partition coefficient (Wildman–Crippen LogP) is 3.43. The number of nitrogens with one attached hydrogen (secondary N) is 1. The number of carbonyl (C=O) groups excluding carboxylic acids is 1. The minimum absolute atomic E-state index is 0.0140. The Balaban J connectivity index is 1.96. The lowest BCUT2D eigenvalue weighted by atomic mass is 10.1. The molecule has 1 atom stereocenters. The summed E-state index contributed by atoms with van der Waals surface area (Å²) in [5.74, 6) is 1.73. The standard InChI is InChI=1S/C17H24N4OS/c1-5-12(3)18-16(22)15-9-7-14(8-10-15)11-23-17-20-19-13(4)21(17)6-2/h7-10,12H,5-6,11H2,1-4H3,(H,18,22). The van der Waals surface area contributed by atoms with Crippen LogP contribution in [0.25, 0.3) is 0 Å². The van der Waals surface area contributed by atoms with Crippen molar-refractivity contribution < 1.29 is 4.79 Å². The van der Waals surface area contributed by atoms with Crippen LogP contribution in [0.3, 0.4) is 0 Å². The highest BCUT2D eigenvalue weighted by molar-refractivity contribution is 7.98. The van der Waals surface area contributed by atoms with Crippen LogP contribution in [-0.2, 0) is 12.3 Å². The highest BCUT2D eigenvalue weighted by Crippen LogP contribution is 2.22. The van der Waals surface area contributed by atoms with Crippen LogP contribution in [0.5, 0.6) is 0 Å². The van der Waals surface area contributed by atoms with E-state index in [9.17, 15) is 4.79 Å². The van der Waals surface area contributed by atoms with E-state index in [1.165, 1.54) is 5.56 Å². The SMILES string of the molecule is CCC(C)NC(=O)c1ccc(CSc2nnc(C)n2CC)cc1. The molecule has 0 saturated carbocycles. The lowest BCUT2D eigenvalue weighted by Crippen LogP contribution is -2.31. The van der Waals surface area contributed by atoms with Crippen LogP contribution >= 0.6 is 11.8 Å². The van der Waals surface area contributed by atoms with Gasteiger partial charge in [0.25, 0.3) is 5.91 Å². The summed E-state index contributed by atoms with van der Waals surface area (Å²) < 4.78 is 2.10. The Bertz CT molecular complexity index is 651. The van der Waals surface area contributed by atoms with Crippen LogP contribution in [0.2, 0.25) is 0 Å². The monoisotopic (exact) mass is 332 g/mol. The Kier molecular flexibility index (Phi) is 6.21. The third-order valence-electron chi connectivity index (χ3n) is 3.79. The fraction of sp³-hybridized carbons (Fsp3) is 0.471. The molecule has 0 aliphatic heterocycles. The molecule has 0 spiro atoms. The second-order valence-corrected chi connectivity index (χ2v) is 6.48. The lowest BCUT2D eigenvalue weighted by molar-refractivity contribution is 0.0939. The maximum absolute atomic E-state index is 12.1. The average molecular weight is 332 g/mol. The molecule has 5 nitrogen and oxygen atoms in total. The largest absolute Gasteiger partial charge is 0.350 e. The number of rotatable bonds is 7. The Morgan fingerprint density at radius 1 is 1.26 bits per heavy atom. The van der Waals surface area contributed by atoms with E-state index in [0.717, 1.165) is 29.7 Å². The van der Waals surface area contributed by atoms with E-state index >= 15 is 0 Å². The molecule has 0 saturated heterocycles. The molecule has 124 valence electrons. The van der Waals surface area contributed by atoms with Gasteiger partial charge >= 0.3 is 0 Å². The van der Waals surface area contributed by atoms with Crippen molar-refractivity contribution in [2.45, 2.75) is 57.6 Å². The molecular formula is C17H24N4OS. The van der Waals surface area contributed by atoms with Crippen molar-refractivity contribution in [2.75, 3.05) is 0 Å². The summed E-state index contributed by atoms with van der Waals surface area (Å²) in [4.78, 5) is 12.1. The first-order valence-electron chi connectivity index (χ1n) is 7.97. The molecule has 0 aliphatic carbocycles. The fourth-order valence-corrected chi connectivity index (χ4v) is 3.15. The summed E-state index contributed by atoms with van der Waals surface area (Å²) in [5, 5.41) is 12.2. The second kappa shape index (κ2) is 8.15. The normalized spacial score (nSPS) is 12.2. The van der Waals surface area contributed by atoms with Crippen molar-refractivity contribution >= 4 is 17.7 Å². The Morgan fingerprint density at radius 2 is 1.96 bits per heavy atom. The number of aromatic nitrogens is 3. The van der Waals surface area contributed by atoms with Gasteiger partial charge in [0.15, 0.2) is 5.16 Å². The molecule has 0 radical (unpaired) electrons. The van der Waals surface area contributed by atoms with Crippen molar-refractivity contribution in [2.24, 2.45) is 0 Å². The molecule has 23 heavy (non-hydrogen) atoms. The van der Waals surface area contributed by atoms with Gasteiger partial charge in [0, 0.05) is 23.9 Å². The minimum Gasteiger partial charge on any atom is -0.350 e. The second-order valence-electron chi connectivity index (χ2n) is 5.54. The number of nitrogens with zero attached hydrogens (tertiary/aromatic N) is 3. The summed E-state index contributed by atoms with van der Waals surface area (Å²) in [6.07, 6.45) is 0.929. The molecule has 0 fully saturated rings. The van der Waals surface area contributed by atoms with Crippen molar-refractivity contribution in [3.05, 3.63) is 41.2 Å². The first-order valence-corrected chi connectivity index (χ1v) is 8.96. The van der Waals surface area contributed by atoms with Gasteiger partial charge in [-0.15, -0.1) is 10.2 Å². The van der Waals surface area contributed by atoms with Crippen molar-refractivity contribution in [1.82, 2.24) is 20.1 Å². The predicted molar refractivity (Wildman–Crippen MR) is 93.7 cm³/mol. The highest BCUT2D eigenvalue weighted by atomic mass is 32.2. The van der Waals surface area contributed by atoms with E-state index in [4.69, 9.17) is 0 Å². The summed E-state index contributed by atoms with van der Waals surface area (Å²) in [5.41, 5.74) is 1.87. The van der Waals surface area contributed by atoms with Crippen LogP contribution in [0.1, 0.15) is 48.9 Å². The van der Waals surface area contributed by atoms with Gasteiger partial charge in [0.05, 0.1) is 0 Å². The zero-order valence-electron chi connectivity index (χ0n) is 14.2. The summed E-state index contributed by atoms with van der Waals surface area (Å²) in [6.45, 7) is 8.99.